The van der Waals surface area contributed by atoms with Crippen LogP contribution in [0.15, 0.2) is 16.3 Å². The molecule has 1 aromatic rings. The molecule has 1 unspecified atom stereocenters. The molecule has 0 N–H and O–H groups in total. The lowest BCUT2D eigenvalue weighted by Gasteiger charge is -2.37. The molecule has 0 saturated carbocycles. The van der Waals surface area contributed by atoms with Crippen molar-refractivity contribution in [3.8, 4) is 0 Å². The Kier molecular flexibility index (Phi) is 5.27. The zero-order valence-electron chi connectivity index (χ0n) is 12.6. The Labute approximate surface area is 145 Å². The Balaban J connectivity index is 1.85. The third-order valence-electron chi connectivity index (χ3n) is 4.17. The molecule has 0 aliphatic carbocycles. The lowest BCUT2D eigenvalue weighted by Crippen LogP contribution is -2.54. The molecule has 3 rings (SSSR count). The molecule has 6 nitrogen and oxygen atoms in total. The second-order valence-electron chi connectivity index (χ2n) is 5.62. The van der Waals surface area contributed by atoms with Gasteiger partial charge >= 0.3 is 0 Å². The van der Waals surface area contributed by atoms with E-state index in [9.17, 15) is 13.2 Å². The number of piperidine rings is 1. The van der Waals surface area contributed by atoms with Gasteiger partial charge in [0.25, 0.3) is 10.0 Å². The number of amides is 1. The highest BCUT2D eigenvalue weighted by Crippen LogP contribution is 2.32. The molecule has 0 aromatic carbocycles. The van der Waals surface area contributed by atoms with Gasteiger partial charge in [0, 0.05) is 19.6 Å². The Hall–Kier alpha value is -0.670. The number of nitrogens with zero attached hydrogens (tertiary/aromatic N) is 2. The van der Waals surface area contributed by atoms with E-state index in [2.05, 4.69) is 0 Å². The summed E-state index contributed by atoms with van der Waals surface area (Å²) in [5.74, 6) is -0.112. The predicted molar refractivity (Wildman–Crippen MR) is 88.3 cm³/mol. The highest BCUT2D eigenvalue weighted by atomic mass is 35.5. The largest absolute Gasteiger partial charge is 0.378 e. The second kappa shape index (κ2) is 7.06. The third kappa shape index (κ3) is 3.56. The minimum Gasteiger partial charge on any atom is -0.378 e. The van der Waals surface area contributed by atoms with E-state index in [1.54, 1.807) is 11.0 Å². The summed E-state index contributed by atoms with van der Waals surface area (Å²) in [6.45, 7) is 2.43. The summed E-state index contributed by atoms with van der Waals surface area (Å²) in [6, 6.07) is 2.46. The number of ether oxygens (including phenoxy) is 1. The normalized spacial score (nSPS) is 23.9. The van der Waals surface area contributed by atoms with Crippen molar-refractivity contribution in [3.05, 3.63) is 16.5 Å². The van der Waals surface area contributed by atoms with Crippen LogP contribution in [0, 0.1) is 0 Å². The van der Waals surface area contributed by atoms with E-state index in [0.717, 1.165) is 24.2 Å². The van der Waals surface area contributed by atoms with Crippen LogP contribution < -0.4 is 0 Å². The molecule has 0 bridgehead atoms. The fraction of sp³-hybridized carbons (Fsp3) is 0.643. The quantitative estimate of drug-likeness (QED) is 0.804. The van der Waals surface area contributed by atoms with Crippen LogP contribution in [0.5, 0.6) is 0 Å². The smallest absolute Gasteiger partial charge is 0.253 e. The van der Waals surface area contributed by atoms with Crippen molar-refractivity contribution in [1.29, 1.82) is 0 Å². The first kappa shape index (κ1) is 17.2. The molecule has 2 fully saturated rings. The first-order valence-electron chi connectivity index (χ1n) is 7.64. The molecule has 23 heavy (non-hydrogen) atoms. The van der Waals surface area contributed by atoms with Gasteiger partial charge in [-0.15, -0.1) is 11.3 Å². The van der Waals surface area contributed by atoms with Crippen LogP contribution >= 0.6 is 22.9 Å². The number of rotatable bonds is 3. The van der Waals surface area contributed by atoms with Gasteiger partial charge < -0.3 is 9.64 Å². The fourth-order valence-electron chi connectivity index (χ4n) is 2.99. The van der Waals surface area contributed by atoms with Crippen LogP contribution in [0.4, 0.5) is 0 Å². The Morgan fingerprint density at radius 3 is 2.61 bits per heavy atom. The molecule has 3 heterocycles. The molecule has 1 amide bonds. The standard InChI is InChI=1S/C14H19ClN2O4S2/c15-12-4-5-13(22-12)23(19,20)17-6-2-1-3-11(17)14(18)16-7-9-21-10-8-16/h4-5,11H,1-3,6-10H2. The molecule has 0 spiro atoms. The maximum Gasteiger partial charge on any atom is 0.253 e. The molecular weight excluding hydrogens is 360 g/mol. The van der Waals surface area contributed by atoms with Crippen molar-refractivity contribution in [2.24, 2.45) is 0 Å². The van der Waals surface area contributed by atoms with Gasteiger partial charge in [0.05, 0.1) is 17.6 Å². The highest BCUT2D eigenvalue weighted by Gasteiger charge is 2.40. The van der Waals surface area contributed by atoms with Crippen molar-refractivity contribution in [2.45, 2.75) is 29.5 Å². The van der Waals surface area contributed by atoms with Gasteiger partial charge in [-0.05, 0) is 25.0 Å². The minimum absolute atomic E-state index is 0.112. The summed E-state index contributed by atoms with van der Waals surface area (Å²) < 4.78 is 33.0. The van der Waals surface area contributed by atoms with E-state index < -0.39 is 16.1 Å². The minimum atomic E-state index is -3.69. The summed E-state index contributed by atoms with van der Waals surface area (Å²) in [4.78, 5) is 14.5. The first-order valence-corrected chi connectivity index (χ1v) is 10.3. The van der Waals surface area contributed by atoms with Gasteiger partial charge in [-0.3, -0.25) is 4.79 Å². The number of sulfonamides is 1. The van der Waals surface area contributed by atoms with E-state index in [4.69, 9.17) is 16.3 Å². The monoisotopic (exact) mass is 378 g/mol. The SMILES string of the molecule is O=C(C1CCCCN1S(=O)(=O)c1ccc(Cl)s1)N1CCOCC1. The van der Waals surface area contributed by atoms with Gasteiger partial charge in [0.2, 0.25) is 5.91 Å². The van der Waals surface area contributed by atoms with Crippen molar-refractivity contribution >= 4 is 38.9 Å². The zero-order valence-corrected chi connectivity index (χ0v) is 15.0. The van der Waals surface area contributed by atoms with Crippen LogP contribution in [0.3, 0.4) is 0 Å². The topological polar surface area (TPSA) is 66.9 Å². The number of thiophene rings is 1. The molecule has 1 aromatic heterocycles. The van der Waals surface area contributed by atoms with Crippen LogP contribution in [0.2, 0.25) is 4.34 Å². The summed E-state index contributed by atoms with van der Waals surface area (Å²) in [7, 11) is -3.69. The van der Waals surface area contributed by atoms with E-state index in [-0.39, 0.29) is 10.1 Å². The Morgan fingerprint density at radius 1 is 1.22 bits per heavy atom. The highest BCUT2D eigenvalue weighted by molar-refractivity contribution is 7.91. The van der Waals surface area contributed by atoms with Crippen LogP contribution in [0.25, 0.3) is 0 Å². The number of hydrogen-bond donors (Lipinski definition) is 0. The van der Waals surface area contributed by atoms with Gasteiger partial charge in [0.1, 0.15) is 10.3 Å². The summed E-state index contributed by atoms with van der Waals surface area (Å²) in [5.41, 5.74) is 0. The lowest BCUT2D eigenvalue weighted by atomic mass is 10.0. The number of morpholine rings is 1. The number of carbonyl (C=O) groups is 1. The molecule has 2 aliphatic rings. The molecule has 2 saturated heterocycles. The molecule has 128 valence electrons. The number of carbonyl (C=O) groups excluding carboxylic acids is 1. The molecular formula is C14H19ClN2O4S2. The summed E-state index contributed by atoms with van der Waals surface area (Å²) >= 11 is 6.90. The van der Waals surface area contributed by atoms with Crippen LogP contribution in [-0.4, -0.2) is 62.4 Å². The van der Waals surface area contributed by atoms with E-state index in [1.165, 1.54) is 10.4 Å². The van der Waals surface area contributed by atoms with Gasteiger partial charge in [0.15, 0.2) is 0 Å². The average Bonchev–Trinajstić information content (AvgIpc) is 3.02. The number of hydrogen-bond acceptors (Lipinski definition) is 5. The second-order valence-corrected chi connectivity index (χ2v) is 9.46. The van der Waals surface area contributed by atoms with Gasteiger partial charge in [-0.25, -0.2) is 8.42 Å². The molecule has 1 atom stereocenters. The van der Waals surface area contributed by atoms with Crippen LogP contribution in [0.1, 0.15) is 19.3 Å². The first-order chi connectivity index (χ1) is 11.0. The maximum absolute atomic E-state index is 12.9. The van der Waals surface area contributed by atoms with E-state index >= 15 is 0 Å². The maximum atomic E-state index is 12.9. The van der Waals surface area contributed by atoms with Crippen molar-refractivity contribution in [2.75, 3.05) is 32.8 Å². The third-order valence-corrected chi connectivity index (χ3v) is 7.78. The van der Waals surface area contributed by atoms with Gasteiger partial charge in [-0.1, -0.05) is 18.0 Å². The Bertz CT molecular complexity index is 670. The van der Waals surface area contributed by atoms with Crippen molar-refractivity contribution in [3.63, 3.8) is 0 Å². The molecule has 0 radical (unpaired) electrons. The van der Waals surface area contributed by atoms with E-state index in [1.807, 2.05) is 0 Å². The summed E-state index contributed by atoms with van der Waals surface area (Å²) in [6.07, 6.45) is 2.19. The number of halogens is 1. The van der Waals surface area contributed by atoms with Crippen molar-refractivity contribution in [1.82, 2.24) is 9.21 Å². The fourth-order valence-corrected chi connectivity index (χ4v) is 6.25. The zero-order chi connectivity index (χ0) is 16.4. The average molecular weight is 379 g/mol. The lowest BCUT2D eigenvalue weighted by molar-refractivity contribution is -0.140. The Morgan fingerprint density at radius 2 is 1.96 bits per heavy atom. The van der Waals surface area contributed by atoms with Gasteiger partial charge in [-0.2, -0.15) is 4.31 Å². The van der Waals surface area contributed by atoms with Crippen molar-refractivity contribution < 1.29 is 17.9 Å². The molecule has 9 heteroatoms. The molecule has 2 aliphatic heterocycles. The van der Waals surface area contributed by atoms with Crippen LogP contribution in [-0.2, 0) is 19.6 Å². The predicted octanol–water partition coefficient (Wildman–Crippen LogP) is 1.80. The summed E-state index contributed by atoms with van der Waals surface area (Å²) in [5, 5.41) is 0. The van der Waals surface area contributed by atoms with E-state index in [0.29, 0.717) is 43.6 Å².